The molecule has 8 heteroatoms. The first-order chi connectivity index (χ1) is 8.08. The standard InChI is InChI=1S/C12H18N2O3.ClH.H3N.H2O/c1-3-13(4-2)8-7-10-5-6-11(14(16)17)9-12(10)15;;;/h5-6,9,15H,3-4,7-8H2,1-2H3;1H;1H3;1H2. The topological polar surface area (TPSA) is 133 Å². The van der Waals surface area contributed by atoms with Gasteiger partial charge in [-0.3, -0.25) is 10.1 Å². The van der Waals surface area contributed by atoms with Gasteiger partial charge in [-0.25, -0.2) is 0 Å². The number of rotatable bonds is 6. The minimum absolute atomic E-state index is 0. The fourth-order valence-corrected chi connectivity index (χ4v) is 1.70. The van der Waals surface area contributed by atoms with E-state index in [-0.39, 0.29) is 35.5 Å². The minimum Gasteiger partial charge on any atom is -0.507 e. The van der Waals surface area contributed by atoms with Crippen molar-refractivity contribution in [3.05, 3.63) is 33.9 Å². The van der Waals surface area contributed by atoms with Gasteiger partial charge in [-0.15, -0.1) is 12.4 Å². The first-order valence-corrected chi connectivity index (χ1v) is 5.77. The number of phenolic OH excluding ortho intramolecular Hbond substituents is 1. The lowest BCUT2D eigenvalue weighted by Gasteiger charge is -2.17. The molecule has 0 aliphatic carbocycles. The number of non-ortho nitro benzene ring substituents is 1. The molecule has 118 valence electrons. The van der Waals surface area contributed by atoms with Crippen LogP contribution in [0.4, 0.5) is 5.69 Å². The smallest absolute Gasteiger partial charge is 0.273 e. The van der Waals surface area contributed by atoms with E-state index >= 15 is 0 Å². The molecule has 0 aliphatic heterocycles. The Bertz CT molecular complexity index is 400. The molecular weight excluding hydrogens is 286 g/mol. The monoisotopic (exact) mass is 309 g/mol. The van der Waals surface area contributed by atoms with Gasteiger partial charge in [-0.2, -0.15) is 0 Å². The molecule has 7 nitrogen and oxygen atoms in total. The fourth-order valence-electron chi connectivity index (χ4n) is 1.70. The van der Waals surface area contributed by atoms with Crippen LogP contribution in [0.3, 0.4) is 0 Å². The van der Waals surface area contributed by atoms with Crippen molar-refractivity contribution >= 4 is 18.1 Å². The van der Waals surface area contributed by atoms with E-state index in [0.717, 1.165) is 25.2 Å². The second kappa shape index (κ2) is 11.4. The number of nitro benzene ring substituents is 1. The van der Waals surface area contributed by atoms with E-state index in [0.29, 0.717) is 6.42 Å². The zero-order valence-corrected chi connectivity index (χ0v) is 12.7. The number of halogens is 1. The van der Waals surface area contributed by atoms with Crippen molar-refractivity contribution < 1.29 is 15.5 Å². The third-order valence-electron chi connectivity index (χ3n) is 2.87. The number of benzene rings is 1. The van der Waals surface area contributed by atoms with Crippen LogP contribution in [0.25, 0.3) is 0 Å². The first-order valence-electron chi connectivity index (χ1n) is 5.77. The number of phenols is 1. The Morgan fingerprint density at radius 2 is 1.85 bits per heavy atom. The van der Waals surface area contributed by atoms with Crippen molar-refractivity contribution in [1.29, 1.82) is 0 Å². The van der Waals surface area contributed by atoms with Crippen LogP contribution in [0.5, 0.6) is 5.75 Å². The van der Waals surface area contributed by atoms with E-state index < -0.39 is 4.92 Å². The van der Waals surface area contributed by atoms with Crippen LogP contribution in [0.1, 0.15) is 19.4 Å². The van der Waals surface area contributed by atoms with Gasteiger partial charge in [0.1, 0.15) is 5.75 Å². The van der Waals surface area contributed by atoms with Crippen LogP contribution in [0.2, 0.25) is 0 Å². The average molecular weight is 310 g/mol. The predicted octanol–water partition coefficient (Wildman–Crippen LogP) is 1.94. The van der Waals surface area contributed by atoms with Crippen molar-refractivity contribution in [2.45, 2.75) is 20.3 Å². The van der Waals surface area contributed by atoms with Crippen molar-refractivity contribution in [3.8, 4) is 5.75 Å². The molecule has 6 N–H and O–H groups in total. The maximum Gasteiger partial charge on any atom is 0.273 e. The van der Waals surface area contributed by atoms with Crippen molar-refractivity contribution in [3.63, 3.8) is 0 Å². The summed E-state index contributed by atoms with van der Waals surface area (Å²) < 4.78 is 0. The summed E-state index contributed by atoms with van der Waals surface area (Å²) in [6, 6.07) is 4.26. The molecule has 0 saturated carbocycles. The molecule has 0 amide bonds. The van der Waals surface area contributed by atoms with Crippen LogP contribution in [-0.2, 0) is 6.42 Å². The van der Waals surface area contributed by atoms with Crippen LogP contribution in [0, 0.1) is 10.1 Å². The van der Waals surface area contributed by atoms with Gasteiger partial charge in [-0.1, -0.05) is 13.8 Å². The van der Waals surface area contributed by atoms with Gasteiger partial charge in [0.05, 0.1) is 11.0 Å². The molecule has 0 aromatic heterocycles. The highest BCUT2D eigenvalue weighted by molar-refractivity contribution is 5.85. The number of hydrogen-bond donors (Lipinski definition) is 2. The van der Waals surface area contributed by atoms with E-state index in [2.05, 4.69) is 18.7 Å². The summed E-state index contributed by atoms with van der Waals surface area (Å²) in [6.07, 6.45) is 0.700. The lowest BCUT2D eigenvalue weighted by molar-refractivity contribution is -0.384. The Morgan fingerprint density at radius 3 is 2.25 bits per heavy atom. The number of nitro groups is 1. The predicted molar refractivity (Wildman–Crippen MR) is 82.1 cm³/mol. The lowest BCUT2D eigenvalue weighted by atomic mass is 10.1. The summed E-state index contributed by atoms with van der Waals surface area (Å²) in [5.74, 6) is 0.00589. The Balaban J connectivity index is -0.000000963. The summed E-state index contributed by atoms with van der Waals surface area (Å²) in [4.78, 5) is 12.2. The molecule has 20 heavy (non-hydrogen) atoms. The van der Waals surface area contributed by atoms with Gasteiger partial charge in [0.15, 0.2) is 0 Å². The van der Waals surface area contributed by atoms with Crippen molar-refractivity contribution in [2.24, 2.45) is 0 Å². The number of nitrogens with zero attached hydrogens (tertiary/aromatic N) is 2. The van der Waals surface area contributed by atoms with E-state index in [4.69, 9.17) is 0 Å². The average Bonchev–Trinajstić information content (AvgIpc) is 2.31. The summed E-state index contributed by atoms with van der Waals surface area (Å²) in [7, 11) is 0. The first kappa shape index (κ1) is 23.7. The van der Waals surface area contributed by atoms with Gasteiger partial charge < -0.3 is 21.6 Å². The molecular formula is C12H24ClN3O4. The zero-order chi connectivity index (χ0) is 12.8. The van der Waals surface area contributed by atoms with Crippen LogP contribution in [-0.4, -0.2) is 40.0 Å². The zero-order valence-electron chi connectivity index (χ0n) is 11.8. The molecule has 0 aliphatic rings. The second-order valence-corrected chi connectivity index (χ2v) is 3.85. The van der Waals surface area contributed by atoms with Crippen LogP contribution >= 0.6 is 12.4 Å². The number of aromatic hydroxyl groups is 1. The summed E-state index contributed by atoms with van der Waals surface area (Å²) >= 11 is 0. The molecule has 1 aromatic rings. The normalized spacial score (nSPS) is 9.15. The molecule has 0 bridgehead atoms. The SMILES string of the molecule is CCN(CC)CCc1ccc([N+](=O)[O-])cc1O.Cl.N.O. The highest BCUT2D eigenvalue weighted by atomic mass is 35.5. The second-order valence-electron chi connectivity index (χ2n) is 3.85. The minimum atomic E-state index is -0.506. The molecule has 1 rings (SSSR count). The van der Waals surface area contributed by atoms with Gasteiger partial charge >= 0.3 is 0 Å². The van der Waals surface area contributed by atoms with E-state index in [1.54, 1.807) is 6.07 Å². The Kier molecular flexibility index (Phi) is 13.5. The van der Waals surface area contributed by atoms with Crippen molar-refractivity contribution in [1.82, 2.24) is 11.1 Å². The molecule has 0 spiro atoms. The molecule has 0 unspecified atom stereocenters. The molecule has 0 heterocycles. The van der Waals surface area contributed by atoms with E-state index in [1.807, 2.05) is 0 Å². The Labute approximate surface area is 125 Å². The summed E-state index contributed by atoms with van der Waals surface area (Å²) in [5, 5.41) is 20.2. The lowest BCUT2D eigenvalue weighted by Crippen LogP contribution is -2.25. The third-order valence-corrected chi connectivity index (χ3v) is 2.87. The Hall–Kier alpha value is -1.41. The molecule has 0 saturated heterocycles. The number of likely N-dealkylation sites (N-methyl/N-ethyl adjacent to an activating group) is 1. The van der Waals surface area contributed by atoms with Gasteiger partial charge in [-0.05, 0) is 31.1 Å². The van der Waals surface area contributed by atoms with Crippen molar-refractivity contribution in [2.75, 3.05) is 19.6 Å². The quantitative estimate of drug-likeness (QED) is 0.612. The highest BCUT2D eigenvalue weighted by Gasteiger charge is 2.10. The van der Waals surface area contributed by atoms with Crippen LogP contribution < -0.4 is 6.15 Å². The van der Waals surface area contributed by atoms with Gasteiger partial charge in [0.25, 0.3) is 5.69 Å². The van der Waals surface area contributed by atoms with Gasteiger partial charge in [0.2, 0.25) is 0 Å². The molecule has 0 fully saturated rings. The fraction of sp³-hybridized carbons (Fsp3) is 0.500. The van der Waals surface area contributed by atoms with E-state index in [9.17, 15) is 15.2 Å². The highest BCUT2D eigenvalue weighted by Crippen LogP contribution is 2.23. The number of hydrogen-bond acceptors (Lipinski definition) is 5. The largest absolute Gasteiger partial charge is 0.507 e. The maximum atomic E-state index is 10.5. The molecule has 1 aromatic carbocycles. The Morgan fingerprint density at radius 1 is 1.30 bits per heavy atom. The summed E-state index contributed by atoms with van der Waals surface area (Å²) in [6.45, 7) is 6.94. The van der Waals surface area contributed by atoms with Gasteiger partial charge in [0, 0.05) is 12.6 Å². The van der Waals surface area contributed by atoms with E-state index in [1.165, 1.54) is 12.1 Å². The van der Waals surface area contributed by atoms with Crippen LogP contribution in [0.15, 0.2) is 18.2 Å². The third kappa shape index (κ3) is 6.67. The summed E-state index contributed by atoms with van der Waals surface area (Å²) in [5.41, 5.74) is 0.677. The molecule has 0 radical (unpaired) electrons. The maximum absolute atomic E-state index is 10.5. The molecule has 0 atom stereocenters.